The molecule has 0 spiro atoms. The zero-order valence-electron chi connectivity index (χ0n) is 11.7. The molecule has 1 aliphatic rings. The summed E-state index contributed by atoms with van der Waals surface area (Å²) in [4.78, 5) is 6.77. The van der Waals surface area contributed by atoms with Crippen LogP contribution in [0.15, 0.2) is 34.9 Å². The number of likely N-dealkylation sites (tertiary alicyclic amines) is 1. The van der Waals surface area contributed by atoms with Crippen LogP contribution in [0.2, 0.25) is 0 Å². The van der Waals surface area contributed by atoms with Gasteiger partial charge in [-0.1, -0.05) is 17.7 Å². The predicted molar refractivity (Wildman–Crippen MR) is 77.2 cm³/mol. The minimum Gasteiger partial charge on any atom is -0.444 e. The van der Waals surface area contributed by atoms with Crippen LogP contribution in [0.25, 0.3) is 11.5 Å². The van der Waals surface area contributed by atoms with Crippen molar-refractivity contribution in [3.63, 3.8) is 0 Å². The number of β-amino-alcohol motifs (C(OH)–C–C–N with tert-alkyl or cyclic N) is 1. The molecule has 0 saturated carbocycles. The lowest BCUT2D eigenvalue weighted by molar-refractivity contribution is 0.0662. The molecular weight excluding hydrogens is 252 g/mol. The number of aryl methyl sites for hydroxylation is 1. The number of rotatable bonds is 3. The van der Waals surface area contributed by atoms with Gasteiger partial charge in [-0.2, -0.15) is 0 Å². The Labute approximate surface area is 119 Å². The van der Waals surface area contributed by atoms with Crippen molar-refractivity contribution in [2.24, 2.45) is 0 Å². The highest BCUT2D eigenvalue weighted by atomic mass is 16.3. The molecular formula is C16H20N2O2. The van der Waals surface area contributed by atoms with Crippen LogP contribution in [0.5, 0.6) is 0 Å². The number of oxazole rings is 1. The maximum atomic E-state index is 9.68. The normalized spacial score (nSPS) is 20.2. The van der Waals surface area contributed by atoms with Gasteiger partial charge >= 0.3 is 0 Å². The Morgan fingerprint density at radius 1 is 1.35 bits per heavy atom. The van der Waals surface area contributed by atoms with E-state index in [1.165, 1.54) is 5.56 Å². The van der Waals surface area contributed by atoms with Crippen molar-refractivity contribution < 1.29 is 9.52 Å². The van der Waals surface area contributed by atoms with E-state index in [0.29, 0.717) is 5.89 Å². The molecule has 20 heavy (non-hydrogen) atoms. The molecule has 1 unspecified atom stereocenters. The molecule has 1 fully saturated rings. The second-order valence-electron chi connectivity index (χ2n) is 5.54. The SMILES string of the molecule is Cc1ccc(-c2nc(CN3CCCC(O)C3)co2)cc1. The number of nitrogens with zero attached hydrogens (tertiary/aromatic N) is 2. The van der Waals surface area contributed by atoms with Gasteiger partial charge in [-0.3, -0.25) is 4.90 Å². The van der Waals surface area contributed by atoms with Crippen molar-refractivity contribution in [3.05, 3.63) is 41.8 Å². The van der Waals surface area contributed by atoms with Gasteiger partial charge in [0.25, 0.3) is 0 Å². The lowest BCUT2D eigenvalue weighted by atomic mass is 10.1. The summed E-state index contributed by atoms with van der Waals surface area (Å²) < 4.78 is 5.56. The van der Waals surface area contributed by atoms with Crippen molar-refractivity contribution in [1.29, 1.82) is 0 Å². The average molecular weight is 272 g/mol. The lowest BCUT2D eigenvalue weighted by Crippen LogP contribution is -2.37. The van der Waals surface area contributed by atoms with Crippen molar-refractivity contribution >= 4 is 0 Å². The van der Waals surface area contributed by atoms with Gasteiger partial charge in [0.05, 0.1) is 11.8 Å². The van der Waals surface area contributed by atoms with Gasteiger partial charge in [0.2, 0.25) is 5.89 Å². The number of aliphatic hydroxyl groups is 1. The van der Waals surface area contributed by atoms with E-state index in [9.17, 15) is 5.11 Å². The van der Waals surface area contributed by atoms with E-state index in [1.54, 1.807) is 6.26 Å². The Balaban J connectivity index is 1.69. The highest BCUT2D eigenvalue weighted by molar-refractivity contribution is 5.53. The molecule has 106 valence electrons. The second kappa shape index (κ2) is 5.77. The van der Waals surface area contributed by atoms with Gasteiger partial charge in [0.15, 0.2) is 0 Å². The fourth-order valence-electron chi connectivity index (χ4n) is 2.61. The van der Waals surface area contributed by atoms with Crippen molar-refractivity contribution in [1.82, 2.24) is 9.88 Å². The summed E-state index contributed by atoms with van der Waals surface area (Å²) in [5.74, 6) is 0.664. The largest absolute Gasteiger partial charge is 0.444 e. The first-order valence-electron chi connectivity index (χ1n) is 7.12. The van der Waals surface area contributed by atoms with Crippen LogP contribution in [0.3, 0.4) is 0 Å². The Morgan fingerprint density at radius 3 is 2.90 bits per heavy atom. The number of hydrogen-bond acceptors (Lipinski definition) is 4. The van der Waals surface area contributed by atoms with Crippen LogP contribution in [-0.4, -0.2) is 34.2 Å². The zero-order valence-corrected chi connectivity index (χ0v) is 11.7. The molecule has 1 atom stereocenters. The molecule has 1 N–H and O–H groups in total. The van der Waals surface area contributed by atoms with Crippen LogP contribution in [0.4, 0.5) is 0 Å². The summed E-state index contributed by atoms with van der Waals surface area (Å²) in [6.07, 6.45) is 3.47. The summed E-state index contributed by atoms with van der Waals surface area (Å²) in [6.45, 7) is 4.55. The second-order valence-corrected chi connectivity index (χ2v) is 5.54. The van der Waals surface area contributed by atoms with Crippen LogP contribution in [0, 0.1) is 6.92 Å². The van der Waals surface area contributed by atoms with Gasteiger partial charge < -0.3 is 9.52 Å². The molecule has 1 aromatic carbocycles. The van der Waals surface area contributed by atoms with Crippen molar-refractivity contribution in [2.75, 3.05) is 13.1 Å². The first-order valence-corrected chi connectivity index (χ1v) is 7.12. The summed E-state index contributed by atoms with van der Waals surface area (Å²) in [6, 6.07) is 8.16. The van der Waals surface area contributed by atoms with E-state index < -0.39 is 0 Å². The third-order valence-electron chi connectivity index (χ3n) is 3.72. The maximum Gasteiger partial charge on any atom is 0.226 e. The topological polar surface area (TPSA) is 49.5 Å². The highest BCUT2D eigenvalue weighted by Gasteiger charge is 2.19. The van der Waals surface area contributed by atoms with Crippen LogP contribution < -0.4 is 0 Å². The third-order valence-corrected chi connectivity index (χ3v) is 3.72. The van der Waals surface area contributed by atoms with Crippen molar-refractivity contribution in [3.8, 4) is 11.5 Å². The first-order chi connectivity index (χ1) is 9.70. The Hall–Kier alpha value is -1.65. The van der Waals surface area contributed by atoms with Gasteiger partial charge in [-0.25, -0.2) is 4.98 Å². The number of aromatic nitrogens is 1. The van der Waals surface area contributed by atoms with Crippen LogP contribution in [-0.2, 0) is 6.54 Å². The van der Waals surface area contributed by atoms with Crippen LogP contribution in [0.1, 0.15) is 24.1 Å². The minimum absolute atomic E-state index is 0.202. The molecule has 4 nitrogen and oxygen atoms in total. The summed E-state index contributed by atoms with van der Waals surface area (Å²) in [5.41, 5.74) is 3.15. The maximum absolute atomic E-state index is 9.68. The Kier molecular flexibility index (Phi) is 3.85. The average Bonchev–Trinajstić information content (AvgIpc) is 2.88. The summed E-state index contributed by atoms with van der Waals surface area (Å²) >= 11 is 0. The molecule has 3 rings (SSSR count). The monoisotopic (exact) mass is 272 g/mol. The van der Waals surface area contributed by atoms with Crippen LogP contribution >= 0.6 is 0 Å². The lowest BCUT2D eigenvalue weighted by Gasteiger charge is -2.29. The standard InChI is InChI=1S/C16H20N2O2/c1-12-4-6-13(7-5-12)16-17-14(11-20-16)9-18-8-2-3-15(19)10-18/h4-7,11,15,19H,2-3,8-10H2,1H3. The predicted octanol–water partition coefficient (Wildman–Crippen LogP) is 2.61. The fourth-order valence-corrected chi connectivity index (χ4v) is 2.61. The number of benzene rings is 1. The molecule has 0 aliphatic carbocycles. The highest BCUT2D eigenvalue weighted by Crippen LogP contribution is 2.20. The summed E-state index contributed by atoms with van der Waals surface area (Å²) in [7, 11) is 0. The number of hydrogen-bond donors (Lipinski definition) is 1. The van der Waals surface area contributed by atoms with E-state index in [-0.39, 0.29) is 6.10 Å². The third kappa shape index (κ3) is 3.08. The molecule has 1 aromatic heterocycles. The molecule has 1 aliphatic heterocycles. The smallest absolute Gasteiger partial charge is 0.226 e. The van der Waals surface area contributed by atoms with E-state index in [2.05, 4.69) is 28.9 Å². The zero-order chi connectivity index (χ0) is 13.9. The Morgan fingerprint density at radius 2 is 2.15 bits per heavy atom. The molecule has 4 heteroatoms. The van der Waals surface area contributed by atoms with Gasteiger partial charge in [0, 0.05) is 18.7 Å². The van der Waals surface area contributed by atoms with E-state index in [1.807, 2.05) is 12.1 Å². The van der Waals surface area contributed by atoms with E-state index >= 15 is 0 Å². The molecule has 2 heterocycles. The number of aliphatic hydroxyl groups excluding tert-OH is 1. The molecule has 2 aromatic rings. The van der Waals surface area contributed by atoms with Gasteiger partial charge in [-0.05, 0) is 38.4 Å². The van der Waals surface area contributed by atoms with E-state index in [4.69, 9.17) is 4.42 Å². The fraction of sp³-hybridized carbons (Fsp3) is 0.438. The van der Waals surface area contributed by atoms with Crippen molar-refractivity contribution in [2.45, 2.75) is 32.4 Å². The summed E-state index contributed by atoms with van der Waals surface area (Å²) in [5, 5.41) is 9.68. The molecule has 0 radical (unpaired) electrons. The molecule has 0 bridgehead atoms. The molecule has 1 saturated heterocycles. The quantitative estimate of drug-likeness (QED) is 0.933. The van der Waals surface area contributed by atoms with Gasteiger partial charge in [-0.15, -0.1) is 0 Å². The first kappa shape index (κ1) is 13.3. The number of piperidine rings is 1. The van der Waals surface area contributed by atoms with E-state index in [0.717, 1.165) is 43.7 Å². The Bertz CT molecular complexity index is 562. The molecule has 0 amide bonds. The minimum atomic E-state index is -0.202. The van der Waals surface area contributed by atoms with Gasteiger partial charge in [0.1, 0.15) is 6.26 Å².